The minimum Gasteiger partial charge on any atom is -0.387 e. The molecule has 0 bridgehead atoms. The Balaban J connectivity index is 2.34. The quantitative estimate of drug-likeness (QED) is 0.761. The van der Waals surface area contributed by atoms with Gasteiger partial charge in [0.2, 0.25) is 0 Å². The van der Waals surface area contributed by atoms with Gasteiger partial charge in [-0.05, 0) is 37.0 Å². The normalized spacial score (nSPS) is 14.6. The van der Waals surface area contributed by atoms with Gasteiger partial charge in [0, 0.05) is 12.6 Å². The SMILES string of the molecule is CC(C)CCCC(C)NCC(O)c1ccc(F)c(F)c1. The van der Waals surface area contributed by atoms with E-state index in [1.54, 1.807) is 0 Å². The molecule has 4 heteroatoms. The van der Waals surface area contributed by atoms with Crippen LogP contribution in [0.2, 0.25) is 0 Å². The Morgan fingerprint density at radius 3 is 2.40 bits per heavy atom. The molecule has 1 aromatic rings. The molecule has 20 heavy (non-hydrogen) atoms. The molecule has 0 aliphatic carbocycles. The Kier molecular flexibility index (Phi) is 7.10. The van der Waals surface area contributed by atoms with Crippen molar-refractivity contribution >= 4 is 0 Å². The maximum absolute atomic E-state index is 13.1. The summed E-state index contributed by atoms with van der Waals surface area (Å²) in [5.41, 5.74) is 0.394. The standard InChI is InChI=1S/C16H25F2NO/c1-11(2)5-4-6-12(3)19-10-16(20)13-7-8-14(17)15(18)9-13/h7-9,11-12,16,19-20H,4-6,10H2,1-3H3. The first-order valence-electron chi connectivity index (χ1n) is 7.26. The monoisotopic (exact) mass is 285 g/mol. The molecule has 0 saturated heterocycles. The lowest BCUT2D eigenvalue weighted by molar-refractivity contribution is 0.169. The van der Waals surface area contributed by atoms with E-state index in [-0.39, 0.29) is 0 Å². The third-order valence-electron chi connectivity index (χ3n) is 3.41. The van der Waals surface area contributed by atoms with Gasteiger partial charge in [0.15, 0.2) is 11.6 Å². The van der Waals surface area contributed by atoms with Crippen LogP contribution in [-0.2, 0) is 0 Å². The molecule has 0 amide bonds. The lowest BCUT2D eigenvalue weighted by atomic mass is 10.0. The van der Waals surface area contributed by atoms with Gasteiger partial charge in [0.25, 0.3) is 0 Å². The molecule has 0 radical (unpaired) electrons. The van der Waals surface area contributed by atoms with Crippen LogP contribution >= 0.6 is 0 Å². The molecule has 2 unspecified atom stereocenters. The Hall–Kier alpha value is -1.00. The summed E-state index contributed by atoms with van der Waals surface area (Å²) >= 11 is 0. The molecule has 0 spiro atoms. The Labute approximate surface area is 120 Å². The lowest BCUT2D eigenvalue weighted by Crippen LogP contribution is -2.30. The van der Waals surface area contributed by atoms with E-state index in [2.05, 4.69) is 26.1 Å². The van der Waals surface area contributed by atoms with Gasteiger partial charge in [0.05, 0.1) is 6.10 Å². The number of halogens is 2. The van der Waals surface area contributed by atoms with Crippen LogP contribution in [0.5, 0.6) is 0 Å². The first-order valence-corrected chi connectivity index (χ1v) is 7.26. The van der Waals surface area contributed by atoms with Crippen LogP contribution in [0.4, 0.5) is 8.78 Å². The van der Waals surface area contributed by atoms with E-state index < -0.39 is 17.7 Å². The lowest BCUT2D eigenvalue weighted by Gasteiger charge is -2.18. The van der Waals surface area contributed by atoms with Crippen molar-refractivity contribution in [2.75, 3.05) is 6.54 Å². The molecule has 2 nitrogen and oxygen atoms in total. The van der Waals surface area contributed by atoms with Crippen LogP contribution < -0.4 is 5.32 Å². The molecule has 0 heterocycles. The summed E-state index contributed by atoms with van der Waals surface area (Å²) in [5.74, 6) is -1.11. The molecule has 0 aromatic heterocycles. The first-order chi connectivity index (χ1) is 9.40. The van der Waals surface area contributed by atoms with Crippen molar-refractivity contribution in [2.24, 2.45) is 5.92 Å². The number of hydrogen-bond donors (Lipinski definition) is 2. The number of aliphatic hydroxyl groups excluding tert-OH is 1. The second-order valence-electron chi connectivity index (χ2n) is 5.82. The summed E-state index contributed by atoms with van der Waals surface area (Å²) in [6.45, 7) is 6.81. The number of hydrogen-bond acceptors (Lipinski definition) is 2. The minimum atomic E-state index is -0.925. The second kappa shape index (κ2) is 8.32. The predicted octanol–water partition coefficient (Wildman–Crippen LogP) is 3.80. The van der Waals surface area contributed by atoms with Crippen LogP contribution in [0.15, 0.2) is 18.2 Å². The van der Waals surface area contributed by atoms with Gasteiger partial charge in [-0.15, -0.1) is 0 Å². The van der Waals surface area contributed by atoms with Gasteiger partial charge < -0.3 is 10.4 Å². The third-order valence-corrected chi connectivity index (χ3v) is 3.41. The van der Waals surface area contributed by atoms with Gasteiger partial charge >= 0.3 is 0 Å². The number of rotatable bonds is 8. The maximum Gasteiger partial charge on any atom is 0.159 e. The fraction of sp³-hybridized carbons (Fsp3) is 0.625. The highest BCUT2D eigenvalue weighted by Gasteiger charge is 2.12. The first kappa shape index (κ1) is 17.1. The molecule has 2 atom stereocenters. The van der Waals surface area contributed by atoms with Crippen molar-refractivity contribution in [1.82, 2.24) is 5.32 Å². The summed E-state index contributed by atoms with van der Waals surface area (Å²) in [4.78, 5) is 0. The Morgan fingerprint density at radius 2 is 1.80 bits per heavy atom. The zero-order chi connectivity index (χ0) is 15.1. The molecule has 0 saturated carbocycles. The molecule has 1 rings (SSSR count). The van der Waals surface area contributed by atoms with Gasteiger partial charge in [-0.3, -0.25) is 0 Å². The van der Waals surface area contributed by atoms with E-state index in [0.717, 1.165) is 25.0 Å². The van der Waals surface area contributed by atoms with Gasteiger partial charge in [-0.2, -0.15) is 0 Å². The highest BCUT2D eigenvalue weighted by Crippen LogP contribution is 2.16. The number of aliphatic hydroxyl groups is 1. The van der Waals surface area contributed by atoms with E-state index in [1.165, 1.54) is 12.5 Å². The van der Waals surface area contributed by atoms with Crippen molar-refractivity contribution in [1.29, 1.82) is 0 Å². The van der Waals surface area contributed by atoms with Gasteiger partial charge in [-0.1, -0.05) is 32.8 Å². The smallest absolute Gasteiger partial charge is 0.159 e. The van der Waals surface area contributed by atoms with E-state index in [4.69, 9.17) is 0 Å². The largest absolute Gasteiger partial charge is 0.387 e. The summed E-state index contributed by atoms with van der Waals surface area (Å²) in [5, 5.41) is 13.2. The summed E-state index contributed by atoms with van der Waals surface area (Å²) < 4.78 is 25.9. The van der Waals surface area contributed by atoms with Crippen LogP contribution in [0, 0.1) is 17.6 Å². The third kappa shape index (κ3) is 5.97. The predicted molar refractivity (Wildman–Crippen MR) is 77.5 cm³/mol. The average Bonchev–Trinajstić information content (AvgIpc) is 2.38. The molecule has 0 aliphatic rings. The van der Waals surface area contributed by atoms with Crippen molar-refractivity contribution in [3.05, 3.63) is 35.4 Å². The van der Waals surface area contributed by atoms with Crippen LogP contribution in [-0.4, -0.2) is 17.7 Å². The van der Waals surface area contributed by atoms with E-state index in [0.29, 0.717) is 24.1 Å². The van der Waals surface area contributed by atoms with Crippen LogP contribution in [0.3, 0.4) is 0 Å². The molecule has 114 valence electrons. The van der Waals surface area contributed by atoms with Crippen LogP contribution in [0.1, 0.15) is 51.7 Å². The van der Waals surface area contributed by atoms with E-state index >= 15 is 0 Å². The number of benzene rings is 1. The van der Waals surface area contributed by atoms with Crippen molar-refractivity contribution in [3.8, 4) is 0 Å². The summed E-state index contributed by atoms with van der Waals surface area (Å²) in [6, 6.07) is 3.80. The highest BCUT2D eigenvalue weighted by atomic mass is 19.2. The Bertz CT molecular complexity index is 409. The van der Waals surface area contributed by atoms with Crippen molar-refractivity contribution in [3.63, 3.8) is 0 Å². The van der Waals surface area contributed by atoms with E-state index in [9.17, 15) is 13.9 Å². The second-order valence-corrected chi connectivity index (χ2v) is 5.82. The fourth-order valence-electron chi connectivity index (χ4n) is 2.08. The van der Waals surface area contributed by atoms with Gasteiger partial charge in [0.1, 0.15) is 0 Å². The number of nitrogens with one attached hydrogen (secondary N) is 1. The molecule has 0 fully saturated rings. The average molecular weight is 285 g/mol. The molecular weight excluding hydrogens is 260 g/mol. The van der Waals surface area contributed by atoms with Gasteiger partial charge in [-0.25, -0.2) is 8.78 Å². The molecule has 1 aromatic carbocycles. The maximum atomic E-state index is 13.1. The topological polar surface area (TPSA) is 32.3 Å². The Morgan fingerprint density at radius 1 is 1.10 bits per heavy atom. The fourth-order valence-corrected chi connectivity index (χ4v) is 2.08. The molecule has 0 aliphatic heterocycles. The van der Waals surface area contributed by atoms with Crippen molar-refractivity contribution < 1.29 is 13.9 Å². The van der Waals surface area contributed by atoms with Crippen LogP contribution in [0.25, 0.3) is 0 Å². The zero-order valence-corrected chi connectivity index (χ0v) is 12.5. The zero-order valence-electron chi connectivity index (χ0n) is 12.5. The van der Waals surface area contributed by atoms with Crippen molar-refractivity contribution in [2.45, 2.75) is 52.2 Å². The highest BCUT2D eigenvalue weighted by molar-refractivity contribution is 5.20. The summed E-state index contributed by atoms with van der Waals surface area (Å²) in [6.07, 6.45) is 2.56. The minimum absolute atomic E-state index is 0.300. The summed E-state index contributed by atoms with van der Waals surface area (Å²) in [7, 11) is 0. The van der Waals surface area contributed by atoms with E-state index in [1.807, 2.05) is 0 Å². The molecule has 2 N–H and O–H groups in total. The molecular formula is C16H25F2NO.